The normalized spacial score (nSPS) is 24.7. The summed E-state index contributed by atoms with van der Waals surface area (Å²) in [7, 11) is 0. The maximum absolute atomic E-state index is 14.6. The zero-order valence-electron chi connectivity index (χ0n) is 14.9. The number of benzene rings is 2. The SMILES string of the molecule is FC1=CC2=C(CC1)c1ccc(I)cc1C21C2=C(CCC=C2)c2ccccc21. The van der Waals surface area contributed by atoms with E-state index >= 15 is 0 Å². The van der Waals surface area contributed by atoms with Gasteiger partial charge in [-0.1, -0.05) is 42.5 Å². The van der Waals surface area contributed by atoms with Crippen LogP contribution in [0.4, 0.5) is 4.39 Å². The summed E-state index contributed by atoms with van der Waals surface area (Å²) in [5.74, 6) is 0.0157. The molecule has 2 aromatic rings. The molecule has 1 spiro atoms. The molecular formula is C25H18FI. The van der Waals surface area contributed by atoms with E-state index in [1.54, 1.807) is 0 Å². The highest BCUT2D eigenvalue weighted by atomic mass is 127. The molecule has 2 aromatic carbocycles. The van der Waals surface area contributed by atoms with Crippen LogP contribution in [0.2, 0.25) is 0 Å². The first-order chi connectivity index (χ1) is 13.2. The second kappa shape index (κ2) is 5.54. The van der Waals surface area contributed by atoms with Crippen LogP contribution < -0.4 is 0 Å². The second-order valence-electron chi connectivity index (χ2n) is 7.80. The van der Waals surface area contributed by atoms with E-state index in [2.05, 4.69) is 77.2 Å². The molecule has 0 aromatic heterocycles. The first kappa shape index (κ1) is 16.1. The molecule has 0 fully saturated rings. The third-order valence-corrected chi connectivity index (χ3v) is 7.26. The van der Waals surface area contributed by atoms with Gasteiger partial charge >= 0.3 is 0 Å². The van der Waals surface area contributed by atoms with Gasteiger partial charge in [-0.2, -0.15) is 0 Å². The monoisotopic (exact) mass is 464 g/mol. The Labute approximate surface area is 172 Å². The standard InChI is InChI=1S/C25H18FI/c26-15-9-11-19-20-12-10-16(27)14-24(20)25(23(19)13-15)21-7-3-1-5-17(21)18-6-2-4-8-22(18)25/h1,3-5,7-8,10,12-14H,2,6,9,11H2. The zero-order chi connectivity index (χ0) is 18.2. The quantitative estimate of drug-likeness (QED) is 0.365. The molecule has 1 unspecified atom stereocenters. The van der Waals surface area contributed by atoms with Crippen LogP contribution in [0.1, 0.15) is 47.9 Å². The molecule has 4 aliphatic rings. The molecule has 0 amide bonds. The minimum atomic E-state index is -0.341. The highest BCUT2D eigenvalue weighted by Gasteiger charge is 2.53. The third-order valence-electron chi connectivity index (χ3n) is 6.59. The van der Waals surface area contributed by atoms with E-state index in [0.29, 0.717) is 6.42 Å². The number of rotatable bonds is 0. The molecule has 27 heavy (non-hydrogen) atoms. The fourth-order valence-corrected chi connectivity index (χ4v) is 6.13. The Kier molecular flexibility index (Phi) is 3.29. The summed E-state index contributed by atoms with van der Waals surface area (Å²) in [5.41, 5.74) is 10.3. The summed E-state index contributed by atoms with van der Waals surface area (Å²) in [5, 5.41) is 0. The van der Waals surface area contributed by atoms with Crippen molar-refractivity contribution in [1.29, 1.82) is 0 Å². The lowest BCUT2D eigenvalue weighted by Crippen LogP contribution is -2.28. The fourth-order valence-electron chi connectivity index (χ4n) is 5.64. The molecule has 0 aliphatic heterocycles. The molecular weight excluding hydrogens is 446 g/mol. The summed E-state index contributed by atoms with van der Waals surface area (Å²) < 4.78 is 15.8. The van der Waals surface area contributed by atoms with Gasteiger partial charge in [-0.15, -0.1) is 0 Å². The van der Waals surface area contributed by atoms with Crippen LogP contribution in [0.15, 0.2) is 77.7 Å². The minimum absolute atomic E-state index is 0.0157. The zero-order valence-corrected chi connectivity index (χ0v) is 17.0. The summed E-state index contributed by atoms with van der Waals surface area (Å²) in [6, 6.07) is 15.6. The molecule has 0 bridgehead atoms. The van der Waals surface area contributed by atoms with Crippen LogP contribution in [0.25, 0.3) is 11.1 Å². The Morgan fingerprint density at radius 1 is 0.852 bits per heavy atom. The first-order valence-electron chi connectivity index (χ1n) is 9.61. The Morgan fingerprint density at radius 2 is 1.67 bits per heavy atom. The van der Waals surface area contributed by atoms with Gasteiger partial charge in [0.25, 0.3) is 0 Å². The summed E-state index contributed by atoms with van der Waals surface area (Å²) >= 11 is 2.41. The molecule has 0 radical (unpaired) electrons. The number of halogens is 2. The fraction of sp³-hybridized carbons (Fsp3) is 0.200. The molecule has 1 atom stereocenters. The highest BCUT2D eigenvalue weighted by molar-refractivity contribution is 14.1. The van der Waals surface area contributed by atoms with Crippen LogP contribution in [0, 0.1) is 3.57 Å². The van der Waals surface area contributed by atoms with E-state index < -0.39 is 0 Å². The van der Waals surface area contributed by atoms with Gasteiger partial charge in [-0.3, -0.25) is 0 Å². The van der Waals surface area contributed by atoms with Crippen LogP contribution in [-0.2, 0) is 5.41 Å². The van der Waals surface area contributed by atoms with Crippen LogP contribution >= 0.6 is 22.6 Å². The third kappa shape index (κ3) is 1.92. The van der Waals surface area contributed by atoms with E-state index in [9.17, 15) is 4.39 Å². The second-order valence-corrected chi connectivity index (χ2v) is 9.05. The summed E-state index contributed by atoms with van der Waals surface area (Å²) in [4.78, 5) is 0. The van der Waals surface area contributed by atoms with Gasteiger partial charge in [-0.05, 0) is 105 Å². The van der Waals surface area contributed by atoms with E-state index in [4.69, 9.17) is 0 Å². The van der Waals surface area contributed by atoms with Crippen molar-refractivity contribution in [3.63, 3.8) is 0 Å². The van der Waals surface area contributed by atoms with Gasteiger partial charge in [0.15, 0.2) is 0 Å². The Balaban J connectivity index is 1.80. The van der Waals surface area contributed by atoms with Crippen molar-refractivity contribution in [2.24, 2.45) is 0 Å². The van der Waals surface area contributed by atoms with Crippen LogP contribution in [-0.4, -0.2) is 0 Å². The molecule has 132 valence electrons. The van der Waals surface area contributed by atoms with Crippen molar-refractivity contribution in [1.82, 2.24) is 0 Å². The minimum Gasteiger partial charge on any atom is -0.212 e. The first-order valence-corrected chi connectivity index (χ1v) is 10.7. The molecule has 0 nitrogen and oxygen atoms in total. The lowest BCUT2D eigenvalue weighted by molar-refractivity contribution is 0.583. The Morgan fingerprint density at radius 3 is 2.59 bits per heavy atom. The van der Waals surface area contributed by atoms with Crippen molar-refractivity contribution < 1.29 is 4.39 Å². The number of fused-ring (bicyclic) bond motifs is 8. The molecule has 0 saturated carbocycles. The number of hydrogen-bond donors (Lipinski definition) is 0. The maximum atomic E-state index is 14.6. The van der Waals surface area contributed by atoms with Crippen molar-refractivity contribution >= 4 is 33.7 Å². The van der Waals surface area contributed by atoms with Gasteiger partial charge in [-0.25, -0.2) is 4.39 Å². The Hall–Kier alpha value is -1.94. The Bertz CT molecular complexity index is 1140. The topological polar surface area (TPSA) is 0 Å². The van der Waals surface area contributed by atoms with E-state index in [-0.39, 0.29) is 11.2 Å². The van der Waals surface area contributed by atoms with Crippen molar-refractivity contribution in [3.05, 3.63) is 103 Å². The van der Waals surface area contributed by atoms with Crippen LogP contribution in [0.3, 0.4) is 0 Å². The van der Waals surface area contributed by atoms with E-state index in [1.807, 2.05) is 6.08 Å². The average Bonchev–Trinajstić information content (AvgIpc) is 3.14. The van der Waals surface area contributed by atoms with Gasteiger partial charge in [0.1, 0.15) is 5.83 Å². The van der Waals surface area contributed by atoms with Crippen molar-refractivity contribution in [3.8, 4) is 0 Å². The van der Waals surface area contributed by atoms with Gasteiger partial charge in [0.2, 0.25) is 0 Å². The molecule has 6 rings (SSSR count). The number of hydrogen-bond acceptors (Lipinski definition) is 0. The largest absolute Gasteiger partial charge is 0.212 e. The lowest BCUT2D eigenvalue weighted by atomic mass is 9.67. The number of allylic oxidation sites excluding steroid dienone is 8. The van der Waals surface area contributed by atoms with Crippen LogP contribution in [0.5, 0.6) is 0 Å². The molecule has 4 aliphatic carbocycles. The van der Waals surface area contributed by atoms with E-state index in [1.165, 1.54) is 48.1 Å². The summed E-state index contributed by atoms with van der Waals surface area (Å²) in [6.45, 7) is 0. The van der Waals surface area contributed by atoms with Crippen molar-refractivity contribution in [2.45, 2.75) is 31.1 Å². The highest BCUT2D eigenvalue weighted by Crippen LogP contribution is 2.64. The van der Waals surface area contributed by atoms with Gasteiger partial charge < -0.3 is 0 Å². The predicted octanol–water partition coefficient (Wildman–Crippen LogP) is 7.11. The van der Waals surface area contributed by atoms with E-state index in [0.717, 1.165) is 19.3 Å². The maximum Gasteiger partial charge on any atom is 0.101 e. The molecule has 0 heterocycles. The smallest absolute Gasteiger partial charge is 0.101 e. The lowest BCUT2D eigenvalue weighted by Gasteiger charge is -2.34. The van der Waals surface area contributed by atoms with Crippen molar-refractivity contribution in [2.75, 3.05) is 0 Å². The molecule has 2 heteroatoms. The molecule has 0 saturated heterocycles. The van der Waals surface area contributed by atoms with Gasteiger partial charge in [0.05, 0.1) is 5.41 Å². The summed E-state index contributed by atoms with van der Waals surface area (Å²) in [6.07, 6.45) is 9.92. The average molecular weight is 464 g/mol. The molecule has 0 N–H and O–H groups in total. The predicted molar refractivity (Wildman–Crippen MR) is 117 cm³/mol. The van der Waals surface area contributed by atoms with Gasteiger partial charge in [0, 0.05) is 9.99 Å².